The Morgan fingerprint density at radius 2 is 2.00 bits per heavy atom. The molecule has 3 rings (SSSR count). The molecule has 150 valence electrons. The van der Waals surface area contributed by atoms with Crippen molar-refractivity contribution in [2.75, 3.05) is 13.6 Å². The molecule has 8 heteroatoms. The van der Waals surface area contributed by atoms with Gasteiger partial charge in [-0.25, -0.2) is 0 Å². The molecule has 8 nitrogen and oxygen atoms in total. The van der Waals surface area contributed by atoms with Crippen LogP contribution >= 0.6 is 0 Å². The van der Waals surface area contributed by atoms with Gasteiger partial charge in [0, 0.05) is 24.6 Å². The van der Waals surface area contributed by atoms with Crippen molar-refractivity contribution in [2.45, 2.75) is 45.2 Å². The molecule has 0 aliphatic carbocycles. The van der Waals surface area contributed by atoms with Crippen LogP contribution < -0.4 is 5.32 Å². The first-order valence-electron chi connectivity index (χ1n) is 9.34. The van der Waals surface area contributed by atoms with E-state index < -0.39 is 11.4 Å². The van der Waals surface area contributed by atoms with Gasteiger partial charge in [0.1, 0.15) is 0 Å². The normalized spacial score (nSPS) is 20.2. The van der Waals surface area contributed by atoms with Crippen LogP contribution in [0, 0.1) is 5.41 Å². The molecule has 0 bridgehead atoms. The first-order valence-corrected chi connectivity index (χ1v) is 9.34. The molecule has 0 radical (unpaired) electrons. The van der Waals surface area contributed by atoms with E-state index in [1.165, 1.54) is 0 Å². The Morgan fingerprint density at radius 1 is 1.29 bits per heavy atom. The molecule has 28 heavy (non-hydrogen) atoms. The summed E-state index contributed by atoms with van der Waals surface area (Å²) in [4.78, 5) is 29.9. The first-order chi connectivity index (χ1) is 13.2. The number of carbonyl (C=O) groups excluding carboxylic acids is 1. The summed E-state index contributed by atoms with van der Waals surface area (Å²) in [5, 5.41) is 16.0. The third-order valence-electron chi connectivity index (χ3n) is 4.94. The summed E-state index contributed by atoms with van der Waals surface area (Å²) >= 11 is 0. The second-order valence-electron chi connectivity index (χ2n) is 8.19. The van der Waals surface area contributed by atoms with E-state index in [9.17, 15) is 9.59 Å². The Bertz CT molecular complexity index is 834. The minimum absolute atomic E-state index is 0.0438. The molecule has 1 saturated heterocycles. The predicted octanol–water partition coefficient (Wildman–Crippen LogP) is 2.49. The fourth-order valence-corrected chi connectivity index (χ4v) is 3.65. The number of carbonyl (C=O) groups is 2. The lowest BCUT2D eigenvalue weighted by molar-refractivity contribution is -0.139. The fourth-order valence-electron chi connectivity index (χ4n) is 3.65. The number of carboxylic acids is 1. The topological polar surface area (TPSA) is 109 Å². The van der Waals surface area contributed by atoms with Crippen molar-refractivity contribution in [1.82, 2.24) is 20.4 Å². The van der Waals surface area contributed by atoms with Crippen molar-refractivity contribution in [1.29, 1.82) is 0 Å². The van der Waals surface area contributed by atoms with Gasteiger partial charge in [-0.05, 0) is 18.9 Å². The number of likely N-dealkylation sites (N-methyl/N-ethyl adjacent to an activating group) is 1. The smallest absolute Gasteiger partial charge is 0.303 e. The van der Waals surface area contributed by atoms with Crippen molar-refractivity contribution < 1.29 is 19.2 Å². The Balaban J connectivity index is 1.60. The summed E-state index contributed by atoms with van der Waals surface area (Å²) in [6.07, 6.45) is 0.790. The van der Waals surface area contributed by atoms with Crippen LogP contribution in [0.15, 0.2) is 34.9 Å². The van der Waals surface area contributed by atoms with Crippen molar-refractivity contribution in [3.8, 4) is 11.4 Å². The largest absolute Gasteiger partial charge is 0.481 e. The van der Waals surface area contributed by atoms with E-state index in [1.807, 2.05) is 37.4 Å². The van der Waals surface area contributed by atoms with Crippen LogP contribution in [0.3, 0.4) is 0 Å². The van der Waals surface area contributed by atoms with E-state index >= 15 is 0 Å². The Hall–Kier alpha value is -2.74. The average molecular weight is 386 g/mol. The van der Waals surface area contributed by atoms with Gasteiger partial charge in [0.25, 0.3) is 0 Å². The van der Waals surface area contributed by atoms with Crippen LogP contribution in [0.25, 0.3) is 11.4 Å². The maximum absolute atomic E-state index is 12.4. The van der Waals surface area contributed by atoms with Crippen molar-refractivity contribution >= 4 is 11.9 Å². The van der Waals surface area contributed by atoms with Crippen molar-refractivity contribution in [2.24, 2.45) is 5.41 Å². The number of amides is 1. The summed E-state index contributed by atoms with van der Waals surface area (Å²) in [6.45, 7) is 4.24. The standard InChI is InChI=1S/C20H26N4O4/c1-20(2,11-17(26)27)10-16(25)21-14-9-15(24(3)12-14)19-22-18(23-28-19)13-7-5-4-6-8-13/h4-8,14-15H,9-12H2,1-3H3,(H,21,25)(H,26,27)/t14-,15+/m1/s1. The van der Waals surface area contributed by atoms with Gasteiger partial charge in [0.15, 0.2) is 0 Å². The maximum Gasteiger partial charge on any atom is 0.303 e. The zero-order valence-electron chi connectivity index (χ0n) is 16.4. The average Bonchev–Trinajstić information content (AvgIpc) is 3.20. The molecule has 1 aromatic heterocycles. The number of hydrogen-bond acceptors (Lipinski definition) is 6. The molecule has 1 aromatic carbocycles. The lowest BCUT2D eigenvalue weighted by atomic mass is 9.85. The number of aromatic nitrogens is 2. The van der Waals surface area contributed by atoms with Gasteiger partial charge in [0.2, 0.25) is 17.6 Å². The van der Waals surface area contributed by atoms with E-state index in [-0.39, 0.29) is 30.8 Å². The van der Waals surface area contributed by atoms with Gasteiger partial charge in [-0.2, -0.15) is 4.98 Å². The molecule has 0 saturated carbocycles. The highest BCUT2D eigenvalue weighted by molar-refractivity contribution is 5.78. The van der Waals surface area contributed by atoms with Crippen LogP contribution in [0.1, 0.15) is 45.0 Å². The van der Waals surface area contributed by atoms with Gasteiger partial charge in [-0.15, -0.1) is 0 Å². The molecule has 2 N–H and O–H groups in total. The molecular formula is C20H26N4O4. The minimum atomic E-state index is -0.899. The van der Waals surface area contributed by atoms with Gasteiger partial charge in [-0.3, -0.25) is 14.5 Å². The fraction of sp³-hybridized carbons (Fsp3) is 0.500. The molecule has 1 amide bonds. The molecular weight excluding hydrogens is 360 g/mol. The third kappa shape index (κ3) is 4.95. The van der Waals surface area contributed by atoms with E-state index in [2.05, 4.69) is 20.4 Å². The van der Waals surface area contributed by atoms with Gasteiger partial charge in [0.05, 0.1) is 12.5 Å². The molecule has 0 spiro atoms. The zero-order chi connectivity index (χ0) is 20.3. The van der Waals surface area contributed by atoms with Gasteiger partial charge in [-0.1, -0.05) is 49.3 Å². The summed E-state index contributed by atoms with van der Waals surface area (Å²) < 4.78 is 5.47. The predicted molar refractivity (Wildman–Crippen MR) is 102 cm³/mol. The third-order valence-corrected chi connectivity index (χ3v) is 4.94. The lowest BCUT2D eigenvalue weighted by Crippen LogP contribution is -2.38. The number of rotatable bonds is 7. The summed E-state index contributed by atoms with van der Waals surface area (Å²) in [7, 11) is 1.96. The second kappa shape index (κ2) is 8.10. The molecule has 2 atom stereocenters. The van der Waals surface area contributed by atoms with Crippen LogP contribution in [-0.4, -0.2) is 51.7 Å². The second-order valence-corrected chi connectivity index (χ2v) is 8.19. The molecule has 1 aliphatic rings. The number of carboxylic acid groups (broad SMARTS) is 1. The molecule has 2 heterocycles. The summed E-state index contributed by atoms with van der Waals surface area (Å²) in [5.74, 6) is 0.0427. The van der Waals surface area contributed by atoms with Gasteiger partial charge >= 0.3 is 5.97 Å². The molecule has 1 aliphatic heterocycles. The highest BCUT2D eigenvalue weighted by atomic mass is 16.5. The van der Waals surface area contributed by atoms with Crippen LogP contribution in [0.2, 0.25) is 0 Å². The van der Waals surface area contributed by atoms with Crippen molar-refractivity contribution in [3.63, 3.8) is 0 Å². The van der Waals surface area contributed by atoms with E-state index in [0.29, 0.717) is 24.7 Å². The Labute approximate surface area is 163 Å². The monoisotopic (exact) mass is 386 g/mol. The Morgan fingerprint density at radius 3 is 2.68 bits per heavy atom. The van der Waals surface area contributed by atoms with Gasteiger partial charge < -0.3 is 14.9 Å². The molecule has 2 aromatic rings. The highest BCUT2D eigenvalue weighted by Gasteiger charge is 2.36. The number of aliphatic carboxylic acids is 1. The highest BCUT2D eigenvalue weighted by Crippen LogP contribution is 2.31. The van der Waals surface area contributed by atoms with Crippen LogP contribution in [0.4, 0.5) is 0 Å². The number of nitrogens with one attached hydrogen (secondary N) is 1. The molecule has 1 fully saturated rings. The van der Waals surface area contributed by atoms with E-state index in [1.54, 1.807) is 13.8 Å². The number of hydrogen-bond donors (Lipinski definition) is 2. The van der Waals surface area contributed by atoms with E-state index in [4.69, 9.17) is 9.63 Å². The first kappa shape index (κ1) is 20.0. The molecule has 0 unspecified atom stereocenters. The summed E-state index contributed by atoms with van der Waals surface area (Å²) in [6, 6.07) is 9.51. The SMILES string of the molecule is CN1C[C@H](NC(=O)CC(C)(C)CC(=O)O)C[C@H]1c1nc(-c2ccccc2)no1. The van der Waals surface area contributed by atoms with Crippen LogP contribution in [0.5, 0.6) is 0 Å². The Kier molecular flexibility index (Phi) is 5.79. The number of nitrogens with zero attached hydrogens (tertiary/aromatic N) is 3. The van der Waals surface area contributed by atoms with Crippen LogP contribution in [-0.2, 0) is 9.59 Å². The zero-order valence-corrected chi connectivity index (χ0v) is 16.4. The van der Waals surface area contributed by atoms with E-state index in [0.717, 1.165) is 5.56 Å². The lowest BCUT2D eigenvalue weighted by Gasteiger charge is -2.22. The quantitative estimate of drug-likeness (QED) is 0.752. The number of likely N-dealkylation sites (tertiary alicyclic amines) is 1. The minimum Gasteiger partial charge on any atom is -0.481 e. The van der Waals surface area contributed by atoms with Crippen molar-refractivity contribution in [3.05, 3.63) is 36.2 Å². The summed E-state index contributed by atoms with van der Waals surface area (Å²) in [5.41, 5.74) is 0.306. The number of benzene rings is 1. The maximum atomic E-state index is 12.4.